The van der Waals surface area contributed by atoms with Gasteiger partial charge >= 0.3 is 6.61 Å². The number of hydrogen-bond donors (Lipinski definition) is 2. The summed E-state index contributed by atoms with van der Waals surface area (Å²) in [5, 5.41) is 0. The molecule has 4 N–H and O–H groups in total. The summed E-state index contributed by atoms with van der Waals surface area (Å²) in [5.41, 5.74) is 13.9. The number of fused-ring (bicyclic) bond motifs is 1. The maximum absolute atomic E-state index is 14.3. The summed E-state index contributed by atoms with van der Waals surface area (Å²) in [6.07, 6.45) is 0. The zero-order valence-corrected chi connectivity index (χ0v) is 15.1. The molecular formula is C19H15F3N6O. The van der Waals surface area contributed by atoms with Crippen LogP contribution in [0.25, 0.3) is 28.0 Å². The van der Waals surface area contributed by atoms with Gasteiger partial charge in [-0.05, 0) is 36.8 Å². The van der Waals surface area contributed by atoms with E-state index in [1.165, 1.54) is 6.07 Å². The minimum absolute atomic E-state index is 0.00612. The number of halogens is 3. The molecule has 0 aliphatic rings. The average Bonchev–Trinajstić information content (AvgIpc) is 2.98. The van der Waals surface area contributed by atoms with Crippen molar-refractivity contribution in [3.63, 3.8) is 0 Å². The highest BCUT2D eigenvalue weighted by Crippen LogP contribution is 2.35. The van der Waals surface area contributed by atoms with Crippen LogP contribution in [0.5, 0.6) is 5.75 Å². The summed E-state index contributed by atoms with van der Waals surface area (Å²) >= 11 is 0. The van der Waals surface area contributed by atoms with Crippen molar-refractivity contribution in [1.29, 1.82) is 0 Å². The Morgan fingerprint density at radius 3 is 2.52 bits per heavy atom. The lowest BCUT2D eigenvalue weighted by Gasteiger charge is -2.15. The van der Waals surface area contributed by atoms with E-state index < -0.39 is 18.2 Å². The van der Waals surface area contributed by atoms with Gasteiger partial charge < -0.3 is 16.2 Å². The Kier molecular flexibility index (Phi) is 4.45. The number of alkyl halides is 2. The third-order valence-corrected chi connectivity index (χ3v) is 4.31. The molecule has 0 spiro atoms. The Hall–Kier alpha value is -3.82. The van der Waals surface area contributed by atoms with Crippen LogP contribution in [0.15, 0.2) is 42.5 Å². The number of para-hydroxylation sites is 2. The number of imidazole rings is 1. The molecule has 0 amide bonds. The van der Waals surface area contributed by atoms with Gasteiger partial charge in [-0.3, -0.25) is 4.57 Å². The predicted octanol–water partition coefficient (Wildman–Crippen LogP) is 3.70. The van der Waals surface area contributed by atoms with Crippen molar-refractivity contribution in [3.05, 3.63) is 54.1 Å². The number of nitrogens with two attached hydrogens (primary N) is 2. The van der Waals surface area contributed by atoms with Gasteiger partial charge in [-0.15, -0.1) is 0 Å². The Labute approximate surface area is 162 Å². The molecule has 0 atom stereocenters. The second-order valence-corrected chi connectivity index (χ2v) is 6.17. The van der Waals surface area contributed by atoms with Gasteiger partial charge in [0.1, 0.15) is 11.6 Å². The third kappa shape index (κ3) is 3.28. The maximum atomic E-state index is 14.3. The zero-order chi connectivity index (χ0) is 20.7. The molecule has 0 bridgehead atoms. The molecule has 0 saturated heterocycles. The minimum atomic E-state index is -3.14. The average molecular weight is 400 g/mol. The molecule has 4 rings (SSSR count). The highest BCUT2D eigenvalue weighted by molar-refractivity contribution is 5.85. The first-order valence-corrected chi connectivity index (χ1v) is 8.47. The summed E-state index contributed by atoms with van der Waals surface area (Å²) in [4.78, 5) is 12.8. The summed E-state index contributed by atoms with van der Waals surface area (Å²) in [5.74, 6) is -0.726. The van der Waals surface area contributed by atoms with E-state index in [4.69, 9.17) is 11.5 Å². The van der Waals surface area contributed by atoms with Crippen molar-refractivity contribution in [2.24, 2.45) is 0 Å². The lowest BCUT2D eigenvalue weighted by Crippen LogP contribution is -2.10. The molecule has 10 heteroatoms. The van der Waals surface area contributed by atoms with E-state index in [2.05, 4.69) is 19.7 Å². The Morgan fingerprint density at radius 1 is 1.03 bits per heavy atom. The fourth-order valence-corrected chi connectivity index (χ4v) is 3.18. The molecule has 0 aliphatic heterocycles. The van der Waals surface area contributed by atoms with Gasteiger partial charge in [0, 0.05) is 0 Å². The molecule has 0 unspecified atom stereocenters. The minimum Gasteiger partial charge on any atom is -0.432 e. The van der Waals surface area contributed by atoms with Crippen molar-refractivity contribution in [2.45, 2.75) is 13.5 Å². The van der Waals surface area contributed by atoms with E-state index in [0.29, 0.717) is 11.6 Å². The van der Waals surface area contributed by atoms with Crippen LogP contribution in [-0.4, -0.2) is 26.1 Å². The van der Waals surface area contributed by atoms with E-state index in [1.54, 1.807) is 11.5 Å². The number of benzene rings is 2. The lowest BCUT2D eigenvalue weighted by atomic mass is 10.1. The summed E-state index contributed by atoms with van der Waals surface area (Å²) < 4.78 is 45.1. The SMILES string of the molecule is Cc1nc2ccccc2n1-c1nc(N)nc(N)c1-c1ccc(OC(F)F)c(F)c1. The first kappa shape index (κ1) is 18.5. The standard InChI is InChI=1S/C19H15F3N6O/c1-9-25-12-4-2-3-5-13(12)28(9)17-15(16(23)26-19(24)27-17)10-6-7-14(11(20)8-10)29-18(21)22/h2-8,18H,1H3,(H4,23,24,26,27). The number of nitrogen functional groups attached to an aromatic ring is 2. The quantitative estimate of drug-likeness (QED) is 0.541. The topological polar surface area (TPSA) is 105 Å². The molecule has 0 saturated carbocycles. The second-order valence-electron chi connectivity index (χ2n) is 6.17. The number of rotatable bonds is 4. The van der Waals surface area contributed by atoms with Crippen LogP contribution < -0.4 is 16.2 Å². The van der Waals surface area contributed by atoms with Crippen LogP contribution >= 0.6 is 0 Å². The Morgan fingerprint density at radius 2 is 1.79 bits per heavy atom. The molecule has 4 aromatic rings. The van der Waals surface area contributed by atoms with Crippen molar-refractivity contribution >= 4 is 22.8 Å². The third-order valence-electron chi connectivity index (χ3n) is 4.31. The predicted molar refractivity (Wildman–Crippen MR) is 102 cm³/mol. The van der Waals surface area contributed by atoms with Gasteiger partial charge in [-0.25, -0.2) is 9.37 Å². The van der Waals surface area contributed by atoms with E-state index in [1.807, 2.05) is 24.3 Å². The Balaban J connectivity index is 1.96. The number of ether oxygens (including phenoxy) is 1. The molecule has 2 aromatic heterocycles. The smallest absolute Gasteiger partial charge is 0.387 e. The van der Waals surface area contributed by atoms with Gasteiger partial charge in [-0.2, -0.15) is 18.7 Å². The van der Waals surface area contributed by atoms with Crippen LogP contribution in [0.3, 0.4) is 0 Å². The van der Waals surface area contributed by atoms with Gasteiger partial charge in [0.15, 0.2) is 17.4 Å². The Bertz CT molecular complexity index is 1220. The normalized spacial score (nSPS) is 11.3. The molecule has 0 fully saturated rings. The molecule has 2 aromatic carbocycles. The number of aryl methyl sites for hydroxylation is 1. The molecule has 148 valence electrons. The van der Waals surface area contributed by atoms with E-state index in [9.17, 15) is 13.2 Å². The van der Waals surface area contributed by atoms with Gasteiger partial charge in [0.2, 0.25) is 5.95 Å². The molecule has 29 heavy (non-hydrogen) atoms. The fourth-order valence-electron chi connectivity index (χ4n) is 3.18. The molecule has 7 nitrogen and oxygen atoms in total. The van der Waals surface area contributed by atoms with Crippen LogP contribution in [0, 0.1) is 12.7 Å². The zero-order valence-electron chi connectivity index (χ0n) is 15.1. The molecule has 2 heterocycles. The highest BCUT2D eigenvalue weighted by atomic mass is 19.3. The van der Waals surface area contributed by atoms with Crippen LogP contribution in [0.2, 0.25) is 0 Å². The van der Waals surface area contributed by atoms with Gasteiger partial charge in [0.25, 0.3) is 0 Å². The summed E-state index contributed by atoms with van der Waals surface area (Å²) in [6.45, 7) is -1.37. The second kappa shape index (κ2) is 6.97. The number of nitrogens with zero attached hydrogens (tertiary/aromatic N) is 4. The summed E-state index contributed by atoms with van der Waals surface area (Å²) in [6, 6.07) is 10.9. The first-order valence-electron chi connectivity index (χ1n) is 8.47. The molecular weight excluding hydrogens is 385 g/mol. The number of hydrogen-bond acceptors (Lipinski definition) is 6. The van der Waals surface area contributed by atoms with Crippen molar-refractivity contribution in [3.8, 4) is 22.7 Å². The number of aromatic nitrogens is 4. The van der Waals surface area contributed by atoms with E-state index >= 15 is 0 Å². The van der Waals surface area contributed by atoms with Gasteiger partial charge in [0.05, 0.1) is 16.6 Å². The monoisotopic (exact) mass is 400 g/mol. The maximum Gasteiger partial charge on any atom is 0.387 e. The van der Waals surface area contributed by atoms with Crippen LogP contribution in [0.1, 0.15) is 5.82 Å². The van der Waals surface area contributed by atoms with Crippen LogP contribution in [0.4, 0.5) is 24.9 Å². The summed E-state index contributed by atoms with van der Waals surface area (Å²) in [7, 11) is 0. The fraction of sp³-hybridized carbons (Fsp3) is 0.105. The van der Waals surface area contributed by atoms with Gasteiger partial charge in [-0.1, -0.05) is 18.2 Å². The van der Waals surface area contributed by atoms with Crippen LogP contribution in [-0.2, 0) is 0 Å². The van der Waals surface area contributed by atoms with E-state index in [0.717, 1.165) is 23.2 Å². The van der Waals surface area contributed by atoms with E-state index in [-0.39, 0.29) is 22.9 Å². The largest absolute Gasteiger partial charge is 0.432 e. The lowest BCUT2D eigenvalue weighted by molar-refractivity contribution is -0.0521. The molecule has 0 radical (unpaired) electrons. The first-order chi connectivity index (χ1) is 13.8. The molecule has 0 aliphatic carbocycles. The highest BCUT2D eigenvalue weighted by Gasteiger charge is 2.21. The van der Waals surface area contributed by atoms with Crippen molar-refractivity contribution in [1.82, 2.24) is 19.5 Å². The number of anilines is 2. The van der Waals surface area contributed by atoms with Crippen molar-refractivity contribution < 1.29 is 17.9 Å². The van der Waals surface area contributed by atoms with Crippen molar-refractivity contribution in [2.75, 3.05) is 11.5 Å².